The molecule has 0 spiro atoms. The Kier molecular flexibility index (Phi) is 5.30. The first-order chi connectivity index (χ1) is 12.1. The largest absolute Gasteiger partial charge is 0.345 e. The Bertz CT molecular complexity index is 754. The van der Waals surface area contributed by atoms with Crippen LogP contribution in [0.4, 0.5) is 0 Å². The van der Waals surface area contributed by atoms with E-state index < -0.39 is 0 Å². The second-order valence-electron chi connectivity index (χ2n) is 6.43. The van der Waals surface area contributed by atoms with E-state index in [2.05, 4.69) is 15.2 Å². The molecule has 0 radical (unpaired) electrons. The van der Waals surface area contributed by atoms with Gasteiger partial charge >= 0.3 is 5.69 Å². The first kappa shape index (κ1) is 17.4. The smallest absolute Gasteiger partial charge is 0.343 e. The molecule has 1 saturated heterocycles. The van der Waals surface area contributed by atoms with E-state index in [4.69, 9.17) is 0 Å². The van der Waals surface area contributed by atoms with Gasteiger partial charge in [-0.3, -0.25) is 14.0 Å². The van der Waals surface area contributed by atoms with E-state index in [9.17, 15) is 9.59 Å². The van der Waals surface area contributed by atoms with Crippen LogP contribution < -0.4 is 5.69 Å². The third-order valence-corrected chi connectivity index (χ3v) is 4.81. The average molecular weight is 347 g/mol. The molecule has 0 bridgehead atoms. The number of hydrogen-bond donors (Lipinski definition) is 0. The fourth-order valence-corrected chi connectivity index (χ4v) is 3.41. The Morgan fingerprint density at radius 1 is 1.32 bits per heavy atom. The summed E-state index contributed by atoms with van der Waals surface area (Å²) in [5, 5.41) is 8.44. The maximum absolute atomic E-state index is 12.4. The van der Waals surface area contributed by atoms with E-state index in [1.165, 1.54) is 11.0 Å². The summed E-state index contributed by atoms with van der Waals surface area (Å²) in [4.78, 5) is 30.2. The molecule has 9 heteroatoms. The zero-order valence-electron chi connectivity index (χ0n) is 14.8. The Balaban J connectivity index is 1.50. The summed E-state index contributed by atoms with van der Waals surface area (Å²) < 4.78 is 4.88. The van der Waals surface area contributed by atoms with Gasteiger partial charge in [-0.05, 0) is 26.2 Å². The molecule has 3 rings (SSSR count). The van der Waals surface area contributed by atoms with Crippen LogP contribution in [-0.2, 0) is 24.9 Å². The highest BCUT2D eigenvalue weighted by Gasteiger charge is 2.27. The molecular formula is C16H25N7O2. The lowest BCUT2D eigenvalue weighted by atomic mass is 9.95. The fourth-order valence-electron chi connectivity index (χ4n) is 3.41. The molecule has 1 amide bonds. The molecule has 0 atom stereocenters. The van der Waals surface area contributed by atoms with Crippen LogP contribution in [-0.4, -0.2) is 53.0 Å². The number of carbonyl (C=O) groups is 1. The number of rotatable bonds is 6. The summed E-state index contributed by atoms with van der Waals surface area (Å²) in [6.07, 6.45) is 6.15. The van der Waals surface area contributed by atoms with Crippen LogP contribution >= 0.6 is 0 Å². The molecular weight excluding hydrogens is 322 g/mol. The second kappa shape index (κ2) is 7.62. The van der Waals surface area contributed by atoms with Crippen molar-refractivity contribution in [3.8, 4) is 0 Å². The third-order valence-electron chi connectivity index (χ3n) is 4.81. The van der Waals surface area contributed by atoms with Crippen molar-refractivity contribution in [1.82, 2.24) is 34.0 Å². The first-order valence-corrected chi connectivity index (χ1v) is 8.84. The number of amides is 1. The van der Waals surface area contributed by atoms with E-state index in [-0.39, 0.29) is 17.5 Å². The zero-order chi connectivity index (χ0) is 17.8. The number of carbonyl (C=O) groups excluding carboxylic acids is 1. The molecule has 0 saturated carbocycles. The zero-order valence-corrected chi connectivity index (χ0v) is 14.8. The molecule has 2 aromatic rings. The fraction of sp³-hybridized carbons (Fsp3) is 0.688. The minimum Gasteiger partial charge on any atom is -0.343 e. The van der Waals surface area contributed by atoms with Crippen LogP contribution in [0.15, 0.2) is 17.4 Å². The van der Waals surface area contributed by atoms with Crippen molar-refractivity contribution in [3.05, 3.63) is 29.0 Å². The summed E-state index contributed by atoms with van der Waals surface area (Å²) in [5.74, 6) is 1.29. The monoisotopic (exact) mass is 347 g/mol. The average Bonchev–Trinajstić information content (AvgIpc) is 3.23. The van der Waals surface area contributed by atoms with E-state index in [1.807, 2.05) is 11.8 Å². The van der Waals surface area contributed by atoms with Crippen molar-refractivity contribution < 1.29 is 4.79 Å². The van der Waals surface area contributed by atoms with E-state index in [0.29, 0.717) is 19.5 Å². The summed E-state index contributed by atoms with van der Waals surface area (Å²) in [6.45, 7) is 4.74. The van der Waals surface area contributed by atoms with E-state index >= 15 is 0 Å². The van der Waals surface area contributed by atoms with Gasteiger partial charge in [0.1, 0.15) is 18.5 Å². The molecule has 1 aliphatic rings. The first-order valence-electron chi connectivity index (χ1n) is 8.84. The van der Waals surface area contributed by atoms with Crippen LogP contribution in [0.25, 0.3) is 0 Å². The molecule has 25 heavy (non-hydrogen) atoms. The van der Waals surface area contributed by atoms with Gasteiger partial charge in [-0.2, -0.15) is 10.2 Å². The highest BCUT2D eigenvalue weighted by atomic mass is 16.2. The third kappa shape index (κ3) is 3.80. The van der Waals surface area contributed by atoms with Crippen molar-refractivity contribution in [1.29, 1.82) is 0 Å². The number of aryl methyl sites for hydroxylation is 2. The van der Waals surface area contributed by atoms with E-state index in [1.54, 1.807) is 22.6 Å². The van der Waals surface area contributed by atoms with Crippen molar-refractivity contribution in [2.45, 2.75) is 51.6 Å². The summed E-state index contributed by atoms with van der Waals surface area (Å²) in [6, 6.07) is 0. The molecule has 1 aliphatic heterocycles. The van der Waals surface area contributed by atoms with Gasteiger partial charge in [0.25, 0.3) is 0 Å². The van der Waals surface area contributed by atoms with Gasteiger partial charge in [0.05, 0.1) is 0 Å². The van der Waals surface area contributed by atoms with Gasteiger partial charge in [-0.25, -0.2) is 14.5 Å². The Labute approximate surface area is 146 Å². The lowest BCUT2D eigenvalue weighted by Gasteiger charge is -2.31. The molecule has 1 fully saturated rings. The molecule has 3 heterocycles. The van der Waals surface area contributed by atoms with Gasteiger partial charge in [-0.15, -0.1) is 0 Å². The molecule has 9 nitrogen and oxygen atoms in total. The van der Waals surface area contributed by atoms with Gasteiger partial charge in [0, 0.05) is 45.6 Å². The SMILES string of the molecule is CCn1c(C2CCN(C(=O)CCCn3cncn3)CC2)nn(C)c1=O. The lowest BCUT2D eigenvalue weighted by molar-refractivity contribution is -0.132. The number of nitrogens with zero attached hydrogens (tertiary/aromatic N) is 7. The minimum absolute atomic E-state index is 0.0656. The molecule has 0 aliphatic carbocycles. The van der Waals surface area contributed by atoms with Crippen LogP contribution in [0.5, 0.6) is 0 Å². The van der Waals surface area contributed by atoms with Crippen molar-refractivity contribution in [3.63, 3.8) is 0 Å². The molecule has 0 aromatic carbocycles. The van der Waals surface area contributed by atoms with Crippen molar-refractivity contribution >= 4 is 5.91 Å². The predicted octanol–water partition coefficient (Wildman–Crippen LogP) is 0.380. The van der Waals surface area contributed by atoms with Crippen LogP contribution in [0.2, 0.25) is 0 Å². The highest BCUT2D eigenvalue weighted by molar-refractivity contribution is 5.76. The Morgan fingerprint density at radius 2 is 2.08 bits per heavy atom. The van der Waals surface area contributed by atoms with Crippen LogP contribution in [0.3, 0.4) is 0 Å². The maximum Gasteiger partial charge on any atom is 0.345 e. The normalized spacial score (nSPS) is 15.7. The summed E-state index contributed by atoms with van der Waals surface area (Å²) >= 11 is 0. The topological polar surface area (TPSA) is 90.8 Å². The number of likely N-dealkylation sites (tertiary alicyclic amines) is 1. The van der Waals surface area contributed by atoms with Crippen LogP contribution in [0, 0.1) is 0 Å². The van der Waals surface area contributed by atoms with Gasteiger partial charge < -0.3 is 4.90 Å². The van der Waals surface area contributed by atoms with Crippen LogP contribution in [0.1, 0.15) is 44.3 Å². The predicted molar refractivity (Wildman–Crippen MR) is 91.0 cm³/mol. The Hall–Kier alpha value is -2.45. The number of piperidine rings is 1. The van der Waals surface area contributed by atoms with Crippen molar-refractivity contribution in [2.24, 2.45) is 7.05 Å². The Morgan fingerprint density at radius 3 is 2.72 bits per heavy atom. The maximum atomic E-state index is 12.4. The standard InChI is InChI=1S/C16H25N7O2/c1-3-23-15(19-20(2)16(23)25)13-6-9-21(10-7-13)14(24)5-4-8-22-12-17-11-18-22/h11-13H,3-10H2,1-2H3. The number of aromatic nitrogens is 6. The van der Waals surface area contributed by atoms with Gasteiger partial charge in [0.15, 0.2) is 0 Å². The molecule has 2 aromatic heterocycles. The molecule has 136 valence electrons. The number of hydrogen-bond acceptors (Lipinski definition) is 5. The summed E-state index contributed by atoms with van der Waals surface area (Å²) in [7, 11) is 1.69. The molecule has 0 unspecified atom stereocenters. The van der Waals surface area contributed by atoms with Gasteiger partial charge in [-0.1, -0.05) is 0 Å². The van der Waals surface area contributed by atoms with Crippen molar-refractivity contribution in [2.75, 3.05) is 13.1 Å². The van der Waals surface area contributed by atoms with Gasteiger partial charge in [0.2, 0.25) is 5.91 Å². The quantitative estimate of drug-likeness (QED) is 0.753. The van der Waals surface area contributed by atoms with E-state index in [0.717, 1.165) is 38.2 Å². The molecule has 0 N–H and O–H groups in total. The highest BCUT2D eigenvalue weighted by Crippen LogP contribution is 2.26. The minimum atomic E-state index is -0.0656. The summed E-state index contributed by atoms with van der Waals surface area (Å²) in [5.41, 5.74) is -0.0656. The second-order valence-corrected chi connectivity index (χ2v) is 6.43. The lowest BCUT2D eigenvalue weighted by Crippen LogP contribution is -2.38.